The molecule has 0 bridgehead atoms. The summed E-state index contributed by atoms with van der Waals surface area (Å²) in [6.07, 6.45) is 2.87. The Kier molecular flexibility index (Phi) is 6.96. The number of aryl methyl sites for hydroxylation is 1. The number of carbonyl (C=O) groups excluding carboxylic acids is 2. The van der Waals surface area contributed by atoms with Gasteiger partial charge in [0.25, 0.3) is 5.92 Å². The summed E-state index contributed by atoms with van der Waals surface area (Å²) >= 11 is 0. The number of benzene rings is 1. The number of nitrogens with zero attached hydrogens (tertiary/aromatic N) is 5. The van der Waals surface area contributed by atoms with E-state index in [0.717, 1.165) is 63.3 Å². The van der Waals surface area contributed by atoms with Crippen LogP contribution in [0.15, 0.2) is 23.0 Å². The summed E-state index contributed by atoms with van der Waals surface area (Å²) in [5, 5.41) is 5.17. The standard InChI is InChI=1S/C27H37F2N7O3/c1-32-22-16-19(2-3-20(22)36(26(32)39)21-4-5-24(37)31-25(21)38)34-14-12-33(13-15-34)18-7-10-35(11-8-18)23-6-9-30-17-27(23,28)29/h2-3,16,18,21,23,30H,4-15,17H2,1H3,(H,31,37,38). The van der Waals surface area contributed by atoms with Gasteiger partial charge in [-0.05, 0) is 50.4 Å². The van der Waals surface area contributed by atoms with E-state index in [1.54, 1.807) is 11.6 Å². The second kappa shape index (κ2) is 10.3. The molecule has 39 heavy (non-hydrogen) atoms. The lowest BCUT2D eigenvalue weighted by Crippen LogP contribution is -2.60. The molecule has 4 saturated heterocycles. The number of piperazine rings is 1. The number of piperidine rings is 3. The van der Waals surface area contributed by atoms with Crippen molar-refractivity contribution in [1.82, 2.24) is 29.6 Å². The highest BCUT2D eigenvalue weighted by molar-refractivity contribution is 6.00. The lowest BCUT2D eigenvalue weighted by atomic mass is 9.95. The van der Waals surface area contributed by atoms with E-state index in [-0.39, 0.29) is 24.6 Å². The number of imidazole rings is 1. The zero-order chi connectivity index (χ0) is 27.3. The topological polar surface area (TPSA) is 94.8 Å². The summed E-state index contributed by atoms with van der Waals surface area (Å²) < 4.78 is 31.9. The van der Waals surface area contributed by atoms with E-state index in [9.17, 15) is 23.2 Å². The van der Waals surface area contributed by atoms with Gasteiger partial charge in [-0.25, -0.2) is 13.6 Å². The highest BCUT2D eigenvalue weighted by atomic mass is 19.3. The highest BCUT2D eigenvalue weighted by Crippen LogP contribution is 2.32. The number of imide groups is 1. The van der Waals surface area contributed by atoms with E-state index in [4.69, 9.17) is 0 Å². The molecule has 6 rings (SSSR count). The van der Waals surface area contributed by atoms with Crippen LogP contribution in [0.5, 0.6) is 0 Å². The number of hydrogen-bond donors (Lipinski definition) is 2. The molecule has 4 fully saturated rings. The molecule has 10 nitrogen and oxygen atoms in total. The molecule has 2 amide bonds. The quantitative estimate of drug-likeness (QED) is 0.552. The average Bonchev–Trinajstić information content (AvgIpc) is 3.18. The first-order valence-electron chi connectivity index (χ1n) is 14.1. The molecule has 2 N–H and O–H groups in total. The largest absolute Gasteiger partial charge is 0.369 e. The number of hydrogen-bond acceptors (Lipinski definition) is 7. The van der Waals surface area contributed by atoms with Crippen LogP contribution in [0.25, 0.3) is 11.0 Å². The zero-order valence-corrected chi connectivity index (χ0v) is 22.4. The SMILES string of the molecule is Cn1c(=O)n(C2CCC(=O)NC2=O)c2ccc(N3CCN(C4CCN(C5CCNCC5(F)F)CC4)CC3)cc21. The van der Waals surface area contributed by atoms with Crippen molar-refractivity contribution in [2.45, 2.75) is 56.2 Å². The molecule has 1 aromatic heterocycles. The summed E-state index contributed by atoms with van der Waals surface area (Å²) in [5.41, 5.74) is 2.20. The van der Waals surface area contributed by atoms with Gasteiger partial charge in [0.1, 0.15) is 6.04 Å². The van der Waals surface area contributed by atoms with Crippen molar-refractivity contribution in [2.75, 3.05) is 57.3 Å². The molecule has 2 aromatic rings. The molecule has 4 aliphatic rings. The fourth-order valence-electron chi connectivity index (χ4n) is 6.96. The van der Waals surface area contributed by atoms with Crippen LogP contribution in [0.1, 0.15) is 38.1 Å². The summed E-state index contributed by atoms with van der Waals surface area (Å²) in [5.74, 6) is -3.40. The second-order valence-corrected chi connectivity index (χ2v) is 11.4. The highest BCUT2D eigenvalue weighted by Gasteiger charge is 2.45. The van der Waals surface area contributed by atoms with Crippen LogP contribution in [0.4, 0.5) is 14.5 Å². The number of amides is 2. The average molecular weight is 546 g/mol. The summed E-state index contributed by atoms with van der Waals surface area (Å²) in [7, 11) is 1.71. The maximum atomic E-state index is 14.4. The number of aromatic nitrogens is 2. The van der Waals surface area contributed by atoms with Gasteiger partial charge in [0.15, 0.2) is 0 Å². The lowest BCUT2D eigenvalue weighted by Gasteiger charge is -2.46. The third-order valence-electron chi connectivity index (χ3n) is 9.17. The number of nitrogens with one attached hydrogen (secondary N) is 2. The Morgan fingerprint density at radius 3 is 2.33 bits per heavy atom. The van der Waals surface area contributed by atoms with E-state index in [0.29, 0.717) is 30.9 Å². The predicted octanol–water partition coefficient (Wildman–Crippen LogP) is 0.901. The molecule has 2 unspecified atom stereocenters. The van der Waals surface area contributed by atoms with Crippen LogP contribution >= 0.6 is 0 Å². The van der Waals surface area contributed by atoms with Gasteiger partial charge in [-0.3, -0.25) is 33.8 Å². The van der Waals surface area contributed by atoms with Crippen LogP contribution in [0.2, 0.25) is 0 Å². The van der Waals surface area contributed by atoms with Crippen molar-refractivity contribution >= 4 is 28.5 Å². The Bertz CT molecular complexity index is 1310. The lowest BCUT2D eigenvalue weighted by molar-refractivity contribution is -0.135. The Morgan fingerprint density at radius 2 is 1.64 bits per heavy atom. The maximum absolute atomic E-state index is 14.4. The first-order valence-corrected chi connectivity index (χ1v) is 14.1. The molecular formula is C27H37F2N7O3. The van der Waals surface area contributed by atoms with Gasteiger partial charge < -0.3 is 10.2 Å². The van der Waals surface area contributed by atoms with E-state index in [2.05, 4.69) is 20.4 Å². The molecule has 212 valence electrons. The second-order valence-electron chi connectivity index (χ2n) is 11.4. The maximum Gasteiger partial charge on any atom is 0.329 e. The molecule has 2 atom stereocenters. The number of anilines is 1. The molecule has 1 aromatic carbocycles. The van der Waals surface area contributed by atoms with Crippen LogP contribution in [0.3, 0.4) is 0 Å². The molecule has 5 heterocycles. The van der Waals surface area contributed by atoms with E-state index < -0.39 is 23.9 Å². The first kappa shape index (κ1) is 26.4. The van der Waals surface area contributed by atoms with Crippen molar-refractivity contribution < 1.29 is 18.4 Å². The fourth-order valence-corrected chi connectivity index (χ4v) is 6.96. The molecule has 0 spiro atoms. The van der Waals surface area contributed by atoms with Gasteiger partial charge >= 0.3 is 5.69 Å². The number of carbonyl (C=O) groups is 2. The predicted molar refractivity (Wildman–Crippen MR) is 143 cm³/mol. The molecule has 0 aliphatic carbocycles. The van der Waals surface area contributed by atoms with E-state index in [1.165, 1.54) is 4.57 Å². The number of fused-ring (bicyclic) bond motifs is 1. The fraction of sp³-hybridized carbons (Fsp3) is 0.667. The Morgan fingerprint density at radius 1 is 0.897 bits per heavy atom. The summed E-state index contributed by atoms with van der Waals surface area (Å²) in [6.45, 7) is 5.38. The smallest absolute Gasteiger partial charge is 0.329 e. The minimum atomic E-state index is -2.66. The van der Waals surface area contributed by atoms with E-state index in [1.807, 2.05) is 23.1 Å². The van der Waals surface area contributed by atoms with Crippen LogP contribution in [-0.2, 0) is 16.6 Å². The van der Waals surface area contributed by atoms with Crippen LogP contribution in [-0.4, -0.2) is 101 Å². The number of likely N-dealkylation sites (tertiary alicyclic amines) is 1. The van der Waals surface area contributed by atoms with Crippen molar-refractivity contribution in [3.8, 4) is 0 Å². The number of halogens is 2. The number of alkyl halides is 2. The minimum absolute atomic E-state index is 0.213. The van der Waals surface area contributed by atoms with Crippen molar-refractivity contribution in [1.29, 1.82) is 0 Å². The third-order valence-corrected chi connectivity index (χ3v) is 9.17. The zero-order valence-electron chi connectivity index (χ0n) is 22.4. The number of rotatable bonds is 4. The molecular weight excluding hydrogens is 508 g/mol. The normalized spacial score (nSPS) is 27.7. The Labute approximate surface area is 225 Å². The van der Waals surface area contributed by atoms with Crippen molar-refractivity contribution in [3.05, 3.63) is 28.7 Å². The first-order chi connectivity index (χ1) is 18.7. The summed E-state index contributed by atoms with van der Waals surface area (Å²) in [6, 6.07) is 4.98. The van der Waals surface area contributed by atoms with Gasteiger partial charge in [-0.15, -0.1) is 0 Å². The molecule has 0 saturated carbocycles. The Hall–Kier alpha value is -2.83. The minimum Gasteiger partial charge on any atom is -0.369 e. The Balaban J connectivity index is 1.09. The van der Waals surface area contributed by atoms with Crippen molar-refractivity contribution in [2.24, 2.45) is 7.05 Å². The van der Waals surface area contributed by atoms with Crippen LogP contribution in [0, 0.1) is 0 Å². The van der Waals surface area contributed by atoms with Gasteiger partial charge in [-0.1, -0.05) is 0 Å². The molecule has 12 heteroatoms. The summed E-state index contributed by atoms with van der Waals surface area (Å²) in [4.78, 5) is 43.9. The van der Waals surface area contributed by atoms with Gasteiger partial charge in [0.2, 0.25) is 11.8 Å². The van der Waals surface area contributed by atoms with E-state index >= 15 is 0 Å². The monoisotopic (exact) mass is 545 g/mol. The molecule has 4 aliphatic heterocycles. The van der Waals surface area contributed by atoms with Crippen LogP contribution < -0.4 is 21.2 Å². The van der Waals surface area contributed by atoms with Gasteiger partial charge in [0, 0.05) is 64.5 Å². The third kappa shape index (κ3) is 4.87. The van der Waals surface area contributed by atoms with Crippen molar-refractivity contribution in [3.63, 3.8) is 0 Å². The van der Waals surface area contributed by atoms with Gasteiger partial charge in [-0.2, -0.15) is 0 Å². The molecule has 0 radical (unpaired) electrons. The van der Waals surface area contributed by atoms with Gasteiger partial charge in [0.05, 0.1) is 23.6 Å².